The smallest absolute Gasteiger partial charge is 0.263 e. The summed E-state index contributed by atoms with van der Waals surface area (Å²) in [6.45, 7) is 9.39. The molecule has 0 radical (unpaired) electrons. The Hall–Kier alpha value is -0.930. The number of aromatic nitrogens is 2. The number of hydrogen-bond acceptors (Lipinski definition) is 7. The molecule has 0 spiro atoms. The minimum Gasteiger partial charge on any atom is -0.383 e. The predicted molar refractivity (Wildman–Crippen MR) is 124 cm³/mol. The molecule has 0 unspecified atom stereocenters. The van der Waals surface area contributed by atoms with Crippen molar-refractivity contribution in [3.05, 3.63) is 20.8 Å². The lowest BCUT2D eigenvalue weighted by Gasteiger charge is -2.33. The third-order valence-electron chi connectivity index (χ3n) is 5.80. The van der Waals surface area contributed by atoms with E-state index in [0.717, 1.165) is 60.2 Å². The molecule has 0 N–H and O–H groups in total. The number of rotatable bonds is 8. The van der Waals surface area contributed by atoms with Crippen LogP contribution in [0.3, 0.4) is 0 Å². The molecule has 2 aromatic rings. The van der Waals surface area contributed by atoms with Gasteiger partial charge in [-0.15, -0.1) is 11.3 Å². The SMILES string of the molecule is COCCn1c(SC[C@H]2CN(CC(C)C)CCO2)nc2sc3c(c2c1=O)CCCC3. The number of fused-ring (bicyclic) bond motifs is 3. The highest BCUT2D eigenvalue weighted by Gasteiger charge is 2.24. The van der Waals surface area contributed by atoms with Gasteiger partial charge in [-0.25, -0.2) is 4.98 Å². The minimum atomic E-state index is 0.102. The molecule has 4 rings (SSSR count). The first-order valence-electron chi connectivity index (χ1n) is 11.1. The second-order valence-electron chi connectivity index (χ2n) is 8.69. The van der Waals surface area contributed by atoms with Crippen LogP contribution in [0.15, 0.2) is 9.95 Å². The molecule has 166 valence electrons. The quantitative estimate of drug-likeness (QED) is 0.453. The number of methoxy groups -OCH3 is 1. The van der Waals surface area contributed by atoms with Crippen LogP contribution in [0.5, 0.6) is 0 Å². The summed E-state index contributed by atoms with van der Waals surface area (Å²) in [4.78, 5) is 23.2. The van der Waals surface area contributed by atoms with Gasteiger partial charge in [0.05, 0.1) is 31.2 Å². The number of thiophene rings is 1. The van der Waals surface area contributed by atoms with Crippen LogP contribution >= 0.6 is 23.1 Å². The van der Waals surface area contributed by atoms with Crippen molar-refractivity contribution in [2.45, 2.75) is 57.3 Å². The molecule has 0 saturated carbocycles. The van der Waals surface area contributed by atoms with E-state index in [0.29, 0.717) is 19.1 Å². The highest BCUT2D eigenvalue weighted by molar-refractivity contribution is 7.99. The number of nitrogens with zero attached hydrogens (tertiary/aromatic N) is 3. The standard InChI is InChI=1S/C22H33N3O3S2/c1-15(2)12-24-8-11-28-16(13-24)14-29-22-23-20-19(21(26)25(22)9-10-27-3)17-6-4-5-7-18(17)30-20/h15-16H,4-14H2,1-3H3/t16-/m1/s1. The molecule has 0 amide bonds. The normalized spacial score (nSPS) is 20.2. The molecule has 0 aromatic carbocycles. The summed E-state index contributed by atoms with van der Waals surface area (Å²) in [5, 5.41) is 1.65. The lowest BCUT2D eigenvalue weighted by Crippen LogP contribution is -2.44. The highest BCUT2D eigenvalue weighted by Crippen LogP contribution is 2.34. The minimum absolute atomic E-state index is 0.102. The van der Waals surface area contributed by atoms with Crippen LogP contribution in [0.25, 0.3) is 10.2 Å². The molecular formula is C22H33N3O3S2. The Labute approximate surface area is 187 Å². The number of aryl methyl sites for hydroxylation is 2. The Morgan fingerprint density at radius 3 is 2.97 bits per heavy atom. The van der Waals surface area contributed by atoms with Crippen molar-refractivity contribution >= 4 is 33.3 Å². The average molecular weight is 452 g/mol. The Morgan fingerprint density at radius 2 is 2.17 bits per heavy atom. The van der Waals surface area contributed by atoms with Gasteiger partial charge in [-0.2, -0.15) is 0 Å². The summed E-state index contributed by atoms with van der Waals surface area (Å²) < 4.78 is 13.1. The largest absolute Gasteiger partial charge is 0.383 e. The maximum Gasteiger partial charge on any atom is 0.263 e. The van der Waals surface area contributed by atoms with E-state index < -0.39 is 0 Å². The third kappa shape index (κ3) is 4.93. The second-order valence-corrected chi connectivity index (χ2v) is 10.8. The van der Waals surface area contributed by atoms with Gasteiger partial charge >= 0.3 is 0 Å². The molecule has 3 heterocycles. The zero-order valence-corrected chi connectivity index (χ0v) is 19.9. The highest BCUT2D eigenvalue weighted by atomic mass is 32.2. The molecule has 0 bridgehead atoms. The monoisotopic (exact) mass is 451 g/mol. The summed E-state index contributed by atoms with van der Waals surface area (Å²) in [7, 11) is 1.68. The first kappa shape index (κ1) is 22.3. The molecular weight excluding hydrogens is 418 g/mol. The topological polar surface area (TPSA) is 56.6 Å². The van der Waals surface area contributed by atoms with Crippen molar-refractivity contribution in [1.82, 2.24) is 14.5 Å². The van der Waals surface area contributed by atoms with E-state index >= 15 is 0 Å². The predicted octanol–water partition coefficient (Wildman–Crippen LogP) is 3.43. The average Bonchev–Trinajstić information content (AvgIpc) is 3.10. The Kier molecular flexibility index (Phi) is 7.52. The number of hydrogen-bond donors (Lipinski definition) is 0. The lowest BCUT2D eigenvalue weighted by molar-refractivity contribution is -0.0191. The Morgan fingerprint density at radius 1 is 1.33 bits per heavy atom. The van der Waals surface area contributed by atoms with Crippen LogP contribution in [0, 0.1) is 5.92 Å². The summed E-state index contributed by atoms with van der Waals surface area (Å²) in [6, 6.07) is 0. The van der Waals surface area contributed by atoms with Crippen LogP contribution in [0.2, 0.25) is 0 Å². The van der Waals surface area contributed by atoms with E-state index in [-0.39, 0.29) is 11.7 Å². The Bertz CT molecular complexity index is 924. The number of thioether (sulfide) groups is 1. The molecule has 2 aromatic heterocycles. The maximum atomic E-state index is 13.4. The van der Waals surface area contributed by atoms with Gasteiger partial charge in [-0.05, 0) is 37.2 Å². The molecule has 30 heavy (non-hydrogen) atoms. The van der Waals surface area contributed by atoms with Crippen LogP contribution in [-0.2, 0) is 28.9 Å². The van der Waals surface area contributed by atoms with Crippen LogP contribution in [-0.4, -0.2) is 66.3 Å². The van der Waals surface area contributed by atoms with E-state index in [1.165, 1.54) is 23.3 Å². The van der Waals surface area contributed by atoms with Gasteiger partial charge in [0.2, 0.25) is 0 Å². The van der Waals surface area contributed by atoms with E-state index in [1.54, 1.807) is 30.2 Å². The first-order valence-corrected chi connectivity index (χ1v) is 12.9. The maximum absolute atomic E-state index is 13.4. The molecule has 1 fully saturated rings. The molecule has 8 heteroatoms. The van der Waals surface area contributed by atoms with E-state index in [4.69, 9.17) is 14.5 Å². The van der Waals surface area contributed by atoms with Crippen molar-refractivity contribution in [3.8, 4) is 0 Å². The van der Waals surface area contributed by atoms with Gasteiger partial charge < -0.3 is 9.47 Å². The molecule has 1 aliphatic heterocycles. The Balaban J connectivity index is 1.57. The molecule has 1 aliphatic carbocycles. The van der Waals surface area contributed by atoms with Crippen LogP contribution < -0.4 is 5.56 Å². The zero-order valence-electron chi connectivity index (χ0n) is 18.3. The van der Waals surface area contributed by atoms with E-state index in [1.807, 2.05) is 4.57 Å². The fraction of sp³-hybridized carbons (Fsp3) is 0.727. The van der Waals surface area contributed by atoms with Crippen molar-refractivity contribution in [2.75, 3.05) is 45.7 Å². The van der Waals surface area contributed by atoms with Gasteiger partial charge in [0.25, 0.3) is 5.56 Å². The second kappa shape index (κ2) is 10.1. The van der Waals surface area contributed by atoms with Crippen molar-refractivity contribution in [1.29, 1.82) is 0 Å². The molecule has 6 nitrogen and oxygen atoms in total. The zero-order chi connectivity index (χ0) is 21.1. The van der Waals surface area contributed by atoms with Gasteiger partial charge in [-0.1, -0.05) is 25.6 Å². The van der Waals surface area contributed by atoms with E-state index in [9.17, 15) is 4.79 Å². The summed E-state index contributed by atoms with van der Waals surface area (Å²) in [5.41, 5.74) is 1.35. The number of morpholine rings is 1. The first-order chi connectivity index (χ1) is 14.6. The summed E-state index contributed by atoms with van der Waals surface area (Å²) >= 11 is 3.37. The van der Waals surface area contributed by atoms with Crippen molar-refractivity contribution < 1.29 is 9.47 Å². The lowest BCUT2D eigenvalue weighted by atomic mass is 9.97. The van der Waals surface area contributed by atoms with Gasteiger partial charge in [0.1, 0.15) is 4.83 Å². The van der Waals surface area contributed by atoms with Crippen LogP contribution in [0.4, 0.5) is 0 Å². The molecule has 2 aliphatic rings. The van der Waals surface area contributed by atoms with Gasteiger partial charge in [0, 0.05) is 37.4 Å². The van der Waals surface area contributed by atoms with Crippen LogP contribution in [0.1, 0.15) is 37.1 Å². The molecule has 1 atom stereocenters. The summed E-state index contributed by atoms with van der Waals surface area (Å²) in [6.07, 6.45) is 4.63. The number of ether oxygens (including phenoxy) is 2. The fourth-order valence-electron chi connectivity index (χ4n) is 4.44. The third-order valence-corrected chi connectivity index (χ3v) is 8.10. The van der Waals surface area contributed by atoms with Crippen molar-refractivity contribution in [3.63, 3.8) is 0 Å². The fourth-order valence-corrected chi connectivity index (χ4v) is 6.77. The summed E-state index contributed by atoms with van der Waals surface area (Å²) in [5.74, 6) is 1.47. The van der Waals surface area contributed by atoms with Crippen molar-refractivity contribution in [2.24, 2.45) is 5.92 Å². The molecule has 1 saturated heterocycles. The van der Waals surface area contributed by atoms with Gasteiger partial charge in [0.15, 0.2) is 5.16 Å². The van der Waals surface area contributed by atoms with Gasteiger partial charge in [-0.3, -0.25) is 14.3 Å². The van der Waals surface area contributed by atoms with E-state index in [2.05, 4.69) is 18.7 Å².